The summed E-state index contributed by atoms with van der Waals surface area (Å²) in [6, 6.07) is 29.8. The molecule has 0 radical (unpaired) electrons. The van der Waals surface area contributed by atoms with Crippen molar-refractivity contribution in [2.45, 2.75) is 33.9 Å². The fourth-order valence-electron chi connectivity index (χ4n) is 5.31. The van der Waals surface area contributed by atoms with Gasteiger partial charge in [-0.25, -0.2) is 9.82 Å². The maximum absolute atomic E-state index is 13.4. The zero-order chi connectivity index (χ0) is 29.9. The molecule has 0 aliphatic rings. The number of hydrogen-bond donors (Lipinski definition) is 1. The Morgan fingerprint density at radius 3 is 2.37 bits per heavy atom. The lowest BCUT2D eigenvalue weighted by molar-refractivity contribution is 0.0923. The molecule has 3 heterocycles. The van der Waals surface area contributed by atoms with Crippen LogP contribution in [0.1, 0.15) is 44.5 Å². The second-order valence-corrected chi connectivity index (χ2v) is 10.4. The number of carbonyl (C=O) groups is 1. The number of hydrogen-bond acceptors (Lipinski definition) is 4. The molecule has 0 spiro atoms. The van der Waals surface area contributed by atoms with E-state index < -0.39 is 5.91 Å². The molecule has 43 heavy (non-hydrogen) atoms. The van der Waals surface area contributed by atoms with Crippen molar-refractivity contribution in [1.82, 2.24) is 14.6 Å². The van der Waals surface area contributed by atoms with Gasteiger partial charge in [0.15, 0.2) is 5.76 Å². The Labute approximate surface area is 248 Å². The van der Waals surface area contributed by atoms with E-state index in [1.807, 2.05) is 55.5 Å². The van der Waals surface area contributed by atoms with Gasteiger partial charge in [-0.3, -0.25) is 4.79 Å². The average Bonchev–Trinajstić information content (AvgIpc) is 3.70. The third-order valence-electron chi connectivity index (χ3n) is 7.53. The van der Waals surface area contributed by atoms with E-state index >= 15 is 0 Å². The number of rotatable bonds is 9. The number of carbonyl (C=O) groups excluding carboxylic acids is 1. The quantitative estimate of drug-likeness (QED) is 0.144. The molecular weight excluding hydrogens is 543 g/mol. The van der Waals surface area contributed by atoms with Crippen molar-refractivity contribution in [1.29, 1.82) is 0 Å². The van der Waals surface area contributed by atoms with Crippen LogP contribution >= 0.6 is 0 Å². The van der Waals surface area contributed by atoms with Crippen molar-refractivity contribution >= 4 is 23.0 Å². The molecular formula is C35H31FN4O3. The van der Waals surface area contributed by atoms with E-state index in [2.05, 4.69) is 45.6 Å². The number of aromatic nitrogens is 2. The SMILES string of the molecule is Cc1ccc(C)n1-c1ccc(OCc2ccc(C(=O)N/N=C/c3c(C)n(Cc4ccc(F)cc4)c4ccccc34)o2)cc1. The molecule has 0 aliphatic carbocycles. The summed E-state index contributed by atoms with van der Waals surface area (Å²) in [5, 5.41) is 5.23. The molecule has 0 atom stereocenters. The first-order valence-corrected chi connectivity index (χ1v) is 14.0. The van der Waals surface area contributed by atoms with Crippen molar-refractivity contribution in [2.75, 3.05) is 0 Å². The highest BCUT2D eigenvalue weighted by molar-refractivity contribution is 6.01. The van der Waals surface area contributed by atoms with Crippen molar-refractivity contribution < 1.29 is 18.3 Å². The Morgan fingerprint density at radius 2 is 1.63 bits per heavy atom. The molecule has 0 saturated heterocycles. The van der Waals surface area contributed by atoms with Gasteiger partial charge in [0.05, 0.1) is 6.21 Å². The monoisotopic (exact) mass is 574 g/mol. The van der Waals surface area contributed by atoms with E-state index in [0.717, 1.165) is 33.4 Å². The molecule has 1 amide bonds. The van der Waals surface area contributed by atoms with Crippen LogP contribution in [0.4, 0.5) is 4.39 Å². The molecule has 7 nitrogen and oxygen atoms in total. The van der Waals surface area contributed by atoms with E-state index in [1.54, 1.807) is 30.5 Å². The van der Waals surface area contributed by atoms with Crippen LogP contribution in [0.3, 0.4) is 0 Å². The summed E-state index contributed by atoms with van der Waals surface area (Å²) >= 11 is 0. The van der Waals surface area contributed by atoms with E-state index in [1.165, 1.54) is 23.5 Å². The molecule has 3 aromatic heterocycles. The fraction of sp³-hybridized carbons (Fsp3) is 0.143. The van der Waals surface area contributed by atoms with Crippen molar-refractivity contribution in [2.24, 2.45) is 5.10 Å². The van der Waals surface area contributed by atoms with E-state index in [-0.39, 0.29) is 18.2 Å². The number of ether oxygens (including phenoxy) is 1. The molecule has 3 aromatic carbocycles. The normalized spacial score (nSPS) is 11.4. The third-order valence-corrected chi connectivity index (χ3v) is 7.53. The molecule has 1 N–H and O–H groups in total. The smallest absolute Gasteiger partial charge is 0.307 e. The molecule has 0 aliphatic heterocycles. The number of para-hydroxylation sites is 1. The van der Waals surface area contributed by atoms with Crippen LogP contribution in [-0.4, -0.2) is 21.3 Å². The van der Waals surface area contributed by atoms with Gasteiger partial charge in [0.1, 0.15) is 23.9 Å². The number of hydrazone groups is 1. The second-order valence-electron chi connectivity index (χ2n) is 10.4. The van der Waals surface area contributed by atoms with E-state index in [9.17, 15) is 9.18 Å². The average molecular weight is 575 g/mol. The van der Waals surface area contributed by atoms with Gasteiger partial charge in [-0.05, 0) is 93.1 Å². The summed E-state index contributed by atoms with van der Waals surface area (Å²) in [7, 11) is 0. The molecule has 8 heteroatoms. The number of halogens is 1. The predicted molar refractivity (Wildman–Crippen MR) is 166 cm³/mol. The second kappa shape index (κ2) is 11.9. The highest BCUT2D eigenvalue weighted by Crippen LogP contribution is 2.26. The minimum absolute atomic E-state index is 0.139. The molecule has 6 aromatic rings. The first-order valence-electron chi connectivity index (χ1n) is 14.0. The number of amides is 1. The Kier molecular flexibility index (Phi) is 7.66. The summed E-state index contributed by atoms with van der Waals surface area (Å²) in [5.74, 6) is 0.640. The summed E-state index contributed by atoms with van der Waals surface area (Å²) in [6.07, 6.45) is 1.64. The summed E-state index contributed by atoms with van der Waals surface area (Å²) < 4.78 is 29.3. The third kappa shape index (κ3) is 5.85. The van der Waals surface area contributed by atoms with E-state index in [0.29, 0.717) is 18.1 Å². The molecule has 0 fully saturated rings. The number of furan rings is 1. The highest BCUT2D eigenvalue weighted by atomic mass is 19.1. The van der Waals surface area contributed by atoms with Gasteiger partial charge in [-0.1, -0.05) is 30.3 Å². The lowest BCUT2D eigenvalue weighted by Crippen LogP contribution is -2.16. The Balaban J connectivity index is 1.09. The number of nitrogens with zero attached hydrogens (tertiary/aromatic N) is 3. The van der Waals surface area contributed by atoms with Gasteiger partial charge in [-0.2, -0.15) is 5.10 Å². The lowest BCUT2D eigenvalue weighted by atomic mass is 10.1. The number of benzene rings is 3. The van der Waals surface area contributed by atoms with Gasteiger partial charge < -0.3 is 18.3 Å². The van der Waals surface area contributed by atoms with Crippen LogP contribution in [0, 0.1) is 26.6 Å². The lowest BCUT2D eigenvalue weighted by Gasteiger charge is -2.10. The molecule has 0 unspecified atom stereocenters. The standard InChI is InChI=1S/C35H31FN4O3/c1-23-8-9-24(2)40(23)28-14-16-29(17-15-28)42-22-30-18-19-34(43-30)35(41)38-37-20-32-25(3)39(33-7-5-4-6-31(32)33)21-26-10-12-27(36)13-11-26/h4-20H,21-22H2,1-3H3,(H,38,41)/b37-20+. The van der Waals surface area contributed by atoms with Crippen LogP contribution in [0.5, 0.6) is 5.75 Å². The zero-order valence-electron chi connectivity index (χ0n) is 24.2. The molecule has 0 bridgehead atoms. The first kappa shape index (κ1) is 27.8. The van der Waals surface area contributed by atoms with Crippen LogP contribution < -0.4 is 10.2 Å². The summed E-state index contributed by atoms with van der Waals surface area (Å²) in [6.45, 7) is 6.92. The van der Waals surface area contributed by atoms with E-state index in [4.69, 9.17) is 9.15 Å². The van der Waals surface area contributed by atoms with Gasteiger partial charge in [-0.15, -0.1) is 0 Å². The maximum Gasteiger partial charge on any atom is 0.307 e. The largest absolute Gasteiger partial charge is 0.486 e. The topological polar surface area (TPSA) is 73.7 Å². The predicted octanol–water partition coefficient (Wildman–Crippen LogP) is 7.48. The zero-order valence-corrected chi connectivity index (χ0v) is 24.2. The van der Waals surface area contributed by atoms with Crippen molar-refractivity contribution in [3.05, 3.63) is 143 Å². The summed E-state index contributed by atoms with van der Waals surface area (Å²) in [5.41, 5.74) is 9.84. The van der Waals surface area contributed by atoms with Gasteiger partial charge in [0, 0.05) is 45.8 Å². The van der Waals surface area contributed by atoms with Gasteiger partial charge >= 0.3 is 5.91 Å². The van der Waals surface area contributed by atoms with Gasteiger partial charge in [0.25, 0.3) is 0 Å². The van der Waals surface area contributed by atoms with Crippen molar-refractivity contribution in [3.8, 4) is 11.4 Å². The maximum atomic E-state index is 13.4. The minimum atomic E-state index is -0.461. The van der Waals surface area contributed by atoms with Crippen LogP contribution in [0.2, 0.25) is 0 Å². The van der Waals surface area contributed by atoms with Crippen molar-refractivity contribution in [3.63, 3.8) is 0 Å². The molecule has 0 saturated carbocycles. The first-order chi connectivity index (χ1) is 20.9. The number of nitrogens with one attached hydrogen (secondary N) is 1. The molecule has 216 valence electrons. The Bertz CT molecular complexity index is 1910. The summed E-state index contributed by atoms with van der Waals surface area (Å²) in [4.78, 5) is 12.8. The number of fused-ring (bicyclic) bond motifs is 1. The Morgan fingerprint density at radius 1 is 0.907 bits per heavy atom. The van der Waals surface area contributed by atoms with Crippen LogP contribution in [0.25, 0.3) is 16.6 Å². The minimum Gasteiger partial charge on any atom is -0.486 e. The van der Waals surface area contributed by atoms with Crippen LogP contribution in [-0.2, 0) is 13.2 Å². The van der Waals surface area contributed by atoms with Gasteiger partial charge in [0.2, 0.25) is 0 Å². The highest BCUT2D eigenvalue weighted by Gasteiger charge is 2.14. The number of aryl methyl sites for hydroxylation is 2. The van der Waals surface area contributed by atoms with Crippen LogP contribution in [0.15, 0.2) is 107 Å². The fourth-order valence-corrected chi connectivity index (χ4v) is 5.31. The Hall–Kier alpha value is -5.37. The molecule has 6 rings (SSSR count).